The van der Waals surface area contributed by atoms with Crippen molar-refractivity contribution in [2.24, 2.45) is 5.73 Å². The van der Waals surface area contributed by atoms with Crippen LogP contribution in [0.25, 0.3) is 0 Å². The molecule has 0 heterocycles. The molecule has 21 heavy (non-hydrogen) atoms. The maximum atomic E-state index is 12.6. The lowest BCUT2D eigenvalue weighted by Gasteiger charge is -2.16. The standard InChI is InChI=1S/C15H16ClNO3S/c16-14-9-11(6-7-15(14)18)8-13(10-17)21(19,20)12-4-2-1-3-5-12/h1-7,9,13,18H,8,10,17H2. The molecule has 0 aromatic heterocycles. The number of benzene rings is 2. The molecule has 1 atom stereocenters. The molecule has 112 valence electrons. The van der Waals surface area contributed by atoms with Crippen molar-refractivity contribution in [1.29, 1.82) is 0 Å². The summed E-state index contributed by atoms with van der Waals surface area (Å²) < 4.78 is 25.1. The first-order chi connectivity index (χ1) is 9.95. The SMILES string of the molecule is NCC(Cc1ccc(O)c(Cl)c1)S(=O)(=O)c1ccccc1. The third kappa shape index (κ3) is 3.56. The minimum atomic E-state index is -3.50. The first-order valence-electron chi connectivity index (χ1n) is 6.41. The van der Waals surface area contributed by atoms with Gasteiger partial charge in [0, 0.05) is 6.54 Å². The van der Waals surface area contributed by atoms with Crippen LogP contribution in [-0.4, -0.2) is 25.3 Å². The zero-order valence-corrected chi connectivity index (χ0v) is 12.8. The van der Waals surface area contributed by atoms with Gasteiger partial charge in [0.25, 0.3) is 0 Å². The van der Waals surface area contributed by atoms with E-state index in [0.29, 0.717) is 5.56 Å². The summed E-state index contributed by atoms with van der Waals surface area (Å²) in [6, 6.07) is 12.9. The molecule has 0 aliphatic heterocycles. The molecule has 0 fully saturated rings. The average Bonchev–Trinajstić information content (AvgIpc) is 2.49. The highest BCUT2D eigenvalue weighted by Crippen LogP contribution is 2.26. The van der Waals surface area contributed by atoms with Crippen molar-refractivity contribution in [2.75, 3.05) is 6.54 Å². The normalized spacial score (nSPS) is 13.0. The highest BCUT2D eigenvalue weighted by atomic mass is 35.5. The fraction of sp³-hybridized carbons (Fsp3) is 0.200. The van der Waals surface area contributed by atoms with Crippen LogP contribution in [0.2, 0.25) is 5.02 Å². The van der Waals surface area contributed by atoms with Crippen molar-refractivity contribution >= 4 is 21.4 Å². The molecule has 2 aromatic carbocycles. The van der Waals surface area contributed by atoms with E-state index in [4.69, 9.17) is 17.3 Å². The van der Waals surface area contributed by atoms with Crippen LogP contribution < -0.4 is 5.73 Å². The number of hydrogen-bond donors (Lipinski definition) is 2. The van der Waals surface area contributed by atoms with Gasteiger partial charge in [0.1, 0.15) is 5.75 Å². The summed E-state index contributed by atoms with van der Waals surface area (Å²) in [5, 5.41) is 8.86. The van der Waals surface area contributed by atoms with Crippen molar-refractivity contribution in [1.82, 2.24) is 0 Å². The van der Waals surface area contributed by atoms with Gasteiger partial charge in [0.05, 0.1) is 15.2 Å². The molecule has 0 spiro atoms. The molecule has 0 amide bonds. The summed E-state index contributed by atoms with van der Waals surface area (Å²) in [5.74, 6) is -0.0318. The van der Waals surface area contributed by atoms with Gasteiger partial charge in [-0.1, -0.05) is 35.9 Å². The first-order valence-corrected chi connectivity index (χ1v) is 8.34. The van der Waals surface area contributed by atoms with Crippen LogP contribution in [0.1, 0.15) is 5.56 Å². The van der Waals surface area contributed by atoms with Gasteiger partial charge in [-0.2, -0.15) is 0 Å². The predicted octanol–water partition coefficient (Wildman–Crippen LogP) is 2.39. The fourth-order valence-electron chi connectivity index (χ4n) is 2.06. The molecule has 0 bridgehead atoms. The minimum Gasteiger partial charge on any atom is -0.506 e. The maximum absolute atomic E-state index is 12.6. The summed E-state index contributed by atoms with van der Waals surface area (Å²) >= 11 is 5.84. The Labute approximate surface area is 129 Å². The van der Waals surface area contributed by atoms with Crippen molar-refractivity contribution in [3.63, 3.8) is 0 Å². The second kappa shape index (κ2) is 6.47. The molecule has 4 nitrogen and oxygen atoms in total. The molecule has 0 aliphatic carbocycles. The van der Waals surface area contributed by atoms with E-state index in [-0.39, 0.29) is 28.6 Å². The molecule has 0 saturated carbocycles. The van der Waals surface area contributed by atoms with Gasteiger partial charge in [-0.05, 0) is 36.2 Å². The number of aromatic hydroxyl groups is 1. The molecule has 0 saturated heterocycles. The Morgan fingerprint density at radius 1 is 1.14 bits per heavy atom. The molecule has 1 unspecified atom stereocenters. The van der Waals surface area contributed by atoms with E-state index in [2.05, 4.69) is 0 Å². The number of phenolic OH excluding ortho intramolecular Hbond substituents is 1. The van der Waals surface area contributed by atoms with E-state index in [0.717, 1.165) is 0 Å². The molecule has 3 N–H and O–H groups in total. The smallest absolute Gasteiger partial charge is 0.182 e. The Bertz CT molecular complexity index is 717. The van der Waals surface area contributed by atoms with E-state index in [1.54, 1.807) is 42.5 Å². The van der Waals surface area contributed by atoms with Crippen molar-refractivity contribution in [3.8, 4) is 5.75 Å². The highest BCUT2D eigenvalue weighted by molar-refractivity contribution is 7.92. The topological polar surface area (TPSA) is 80.4 Å². The van der Waals surface area contributed by atoms with Crippen molar-refractivity contribution in [2.45, 2.75) is 16.6 Å². The highest BCUT2D eigenvalue weighted by Gasteiger charge is 2.26. The zero-order chi connectivity index (χ0) is 15.5. The second-order valence-electron chi connectivity index (χ2n) is 4.71. The lowest BCUT2D eigenvalue weighted by atomic mass is 10.1. The maximum Gasteiger partial charge on any atom is 0.182 e. The van der Waals surface area contributed by atoms with Crippen molar-refractivity contribution < 1.29 is 13.5 Å². The lowest BCUT2D eigenvalue weighted by Crippen LogP contribution is -2.32. The Morgan fingerprint density at radius 2 is 1.81 bits per heavy atom. The van der Waals surface area contributed by atoms with Gasteiger partial charge < -0.3 is 10.8 Å². The third-order valence-corrected chi connectivity index (χ3v) is 5.72. The van der Waals surface area contributed by atoms with Crippen LogP contribution in [0.3, 0.4) is 0 Å². The number of rotatable bonds is 5. The Kier molecular flexibility index (Phi) is 4.88. The molecule has 2 rings (SSSR count). The summed E-state index contributed by atoms with van der Waals surface area (Å²) in [6.07, 6.45) is 0.244. The molecule has 6 heteroatoms. The quantitative estimate of drug-likeness (QED) is 0.884. The van der Waals surface area contributed by atoms with Gasteiger partial charge in [0.15, 0.2) is 9.84 Å². The van der Waals surface area contributed by atoms with Gasteiger partial charge >= 0.3 is 0 Å². The van der Waals surface area contributed by atoms with E-state index >= 15 is 0 Å². The lowest BCUT2D eigenvalue weighted by molar-refractivity contribution is 0.475. The van der Waals surface area contributed by atoms with Gasteiger partial charge in [0.2, 0.25) is 0 Å². The van der Waals surface area contributed by atoms with Crippen molar-refractivity contribution in [3.05, 3.63) is 59.1 Å². The summed E-state index contributed by atoms with van der Waals surface area (Å²) in [4.78, 5) is 0.255. The summed E-state index contributed by atoms with van der Waals surface area (Å²) in [7, 11) is -3.50. The minimum absolute atomic E-state index is 0.00965. The second-order valence-corrected chi connectivity index (χ2v) is 7.34. The number of phenols is 1. The van der Waals surface area contributed by atoms with E-state index in [1.807, 2.05) is 0 Å². The van der Waals surface area contributed by atoms with Crippen LogP contribution in [-0.2, 0) is 16.3 Å². The van der Waals surface area contributed by atoms with Gasteiger partial charge in [-0.15, -0.1) is 0 Å². The number of nitrogens with two attached hydrogens (primary N) is 1. The van der Waals surface area contributed by atoms with Crippen LogP contribution in [0, 0.1) is 0 Å². The van der Waals surface area contributed by atoms with Gasteiger partial charge in [-0.25, -0.2) is 8.42 Å². The van der Waals surface area contributed by atoms with E-state index in [1.165, 1.54) is 6.07 Å². The molecule has 0 aliphatic rings. The fourth-order valence-corrected chi connectivity index (χ4v) is 3.85. The Balaban J connectivity index is 2.29. The Hall–Kier alpha value is -1.56. The number of sulfone groups is 1. The third-order valence-electron chi connectivity index (χ3n) is 3.25. The number of halogens is 1. The molecular weight excluding hydrogens is 310 g/mol. The van der Waals surface area contributed by atoms with Crippen LogP contribution in [0.5, 0.6) is 5.75 Å². The Morgan fingerprint density at radius 3 is 2.38 bits per heavy atom. The summed E-state index contributed by atoms with van der Waals surface area (Å²) in [5.41, 5.74) is 6.37. The van der Waals surface area contributed by atoms with E-state index < -0.39 is 15.1 Å². The summed E-state index contributed by atoms with van der Waals surface area (Å²) in [6.45, 7) is 0.00965. The molecule has 2 aromatic rings. The number of hydrogen-bond acceptors (Lipinski definition) is 4. The van der Waals surface area contributed by atoms with Crippen LogP contribution in [0.4, 0.5) is 0 Å². The monoisotopic (exact) mass is 325 g/mol. The van der Waals surface area contributed by atoms with Crippen LogP contribution in [0.15, 0.2) is 53.4 Å². The average molecular weight is 326 g/mol. The molecule has 0 radical (unpaired) electrons. The predicted molar refractivity (Wildman–Crippen MR) is 83.3 cm³/mol. The largest absolute Gasteiger partial charge is 0.506 e. The molecular formula is C15H16ClNO3S. The van der Waals surface area contributed by atoms with Crippen LogP contribution >= 0.6 is 11.6 Å². The van der Waals surface area contributed by atoms with E-state index in [9.17, 15) is 13.5 Å². The zero-order valence-electron chi connectivity index (χ0n) is 11.2. The van der Waals surface area contributed by atoms with Gasteiger partial charge in [-0.3, -0.25) is 0 Å². The first kappa shape index (κ1) is 15.8.